The van der Waals surface area contributed by atoms with Crippen molar-refractivity contribution in [2.75, 3.05) is 19.8 Å². The van der Waals surface area contributed by atoms with E-state index in [-0.39, 0.29) is 30.8 Å². The second kappa shape index (κ2) is 10.4. The Bertz CT molecular complexity index is 648. The topological polar surface area (TPSA) is 85.3 Å². The molecule has 7 nitrogen and oxygen atoms in total. The average molecular weight is 464 g/mol. The lowest BCUT2D eigenvalue weighted by molar-refractivity contribution is -0.106. The van der Waals surface area contributed by atoms with Gasteiger partial charge in [-0.3, -0.25) is 0 Å². The number of hydrogen-bond acceptors (Lipinski definition) is 7. The molecule has 27 heavy (non-hydrogen) atoms. The second-order valence-corrected chi connectivity index (χ2v) is 8.61. The number of amides is 1. The lowest BCUT2D eigenvalue weighted by atomic mass is 10.1. The molecule has 0 bridgehead atoms. The molecule has 0 aromatic carbocycles. The van der Waals surface area contributed by atoms with Crippen LogP contribution in [0.2, 0.25) is 0 Å². The summed E-state index contributed by atoms with van der Waals surface area (Å²) < 4.78 is 16.5. The van der Waals surface area contributed by atoms with Gasteiger partial charge >= 0.3 is 12.1 Å². The molecular weight excluding hydrogens is 438 g/mol. The summed E-state index contributed by atoms with van der Waals surface area (Å²) >= 11 is 4.89. The minimum atomic E-state index is -0.865. The highest BCUT2D eigenvalue weighted by molar-refractivity contribution is 9.10. The highest BCUT2D eigenvalue weighted by atomic mass is 79.9. The van der Waals surface area contributed by atoms with E-state index in [1.807, 2.05) is 13.8 Å². The van der Waals surface area contributed by atoms with Crippen molar-refractivity contribution >= 4 is 39.3 Å². The summed E-state index contributed by atoms with van der Waals surface area (Å²) in [7, 11) is 0. The molecule has 2 heterocycles. The van der Waals surface area contributed by atoms with E-state index in [1.165, 1.54) is 11.3 Å². The van der Waals surface area contributed by atoms with Gasteiger partial charge in [-0.15, -0.1) is 11.3 Å². The number of hydrogen-bond donors (Lipinski definition) is 1. The first kappa shape index (κ1) is 22.1. The van der Waals surface area contributed by atoms with Gasteiger partial charge in [0.1, 0.15) is 4.88 Å². The van der Waals surface area contributed by atoms with Crippen molar-refractivity contribution in [3.63, 3.8) is 0 Å². The highest BCUT2D eigenvalue weighted by Crippen LogP contribution is 2.29. The van der Waals surface area contributed by atoms with Crippen LogP contribution in [0.25, 0.3) is 0 Å². The zero-order valence-corrected chi connectivity index (χ0v) is 18.2. The summed E-state index contributed by atoms with van der Waals surface area (Å²) in [5, 5.41) is 9.29. The van der Waals surface area contributed by atoms with E-state index < -0.39 is 6.29 Å². The average Bonchev–Trinajstić information content (AvgIpc) is 2.95. The van der Waals surface area contributed by atoms with Crippen molar-refractivity contribution in [2.24, 2.45) is 0 Å². The molecule has 9 heteroatoms. The molecule has 2 atom stereocenters. The maximum atomic E-state index is 12.1. The predicted molar refractivity (Wildman–Crippen MR) is 105 cm³/mol. The van der Waals surface area contributed by atoms with Gasteiger partial charge in [-0.25, -0.2) is 9.59 Å². The first-order valence-corrected chi connectivity index (χ1v) is 10.6. The predicted octanol–water partition coefficient (Wildman–Crippen LogP) is 3.57. The molecule has 152 valence electrons. The van der Waals surface area contributed by atoms with Crippen LogP contribution in [0, 0.1) is 0 Å². The molecule has 1 aliphatic heterocycles. The maximum Gasteiger partial charge on any atom is 0.410 e. The number of aliphatic hydroxyl groups is 1. The van der Waals surface area contributed by atoms with E-state index in [0.717, 1.165) is 15.8 Å². The number of halogens is 1. The minimum Gasteiger partial charge on any atom is -0.459 e. The fourth-order valence-corrected chi connectivity index (χ4v) is 4.53. The smallest absolute Gasteiger partial charge is 0.410 e. The Kier molecular flexibility index (Phi) is 8.53. The second-order valence-electron chi connectivity index (χ2n) is 6.62. The van der Waals surface area contributed by atoms with Gasteiger partial charge in [-0.2, -0.15) is 0 Å². The van der Waals surface area contributed by atoms with E-state index in [2.05, 4.69) is 15.9 Å². The molecule has 0 aliphatic carbocycles. The number of esters is 1. The summed E-state index contributed by atoms with van der Waals surface area (Å²) in [4.78, 5) is 27.3. The first-order chi connectivity index (χ1) is 12.8. The van der Waals surface area contributed by atoms with Gasteiger partial charge in [0.05, 0.1) is 25.4 Å². The van der Waals surface area contributed by atoms with Crippen LogP contribution in [0.3, 0.4) is 0 Å². The molecule has 0 radical (unpaired) electrons. The Morgan fingerprint density at radius 1 is 1.48 bits per heavy atom. The van der Waals surface area contributed by atoms with E-state index in [0.29, 0.717) is 30.9 Å². The van der Waals surface area contributed by atoms with Crippen LogP contribution >= 0.6 is 27.3 Å². The van der Waals surface area contributed by atoms with Crippen LogP contribution in [0.1, 0.15) is 48.2 Å². The van der Waals surface area contributed by atoms with Gasteiger partial charge in [0.2, 0.25) is 0 Å². The molecule has 1 aromatic rings. The van der Waals surface area contributed by atoms with Crippen molar-refractivity contribution in [1.82, 2.24) is 4.90 Å². The molecule has 1 aliphatic rings. The van der Waals surface area contributed by atoms with Crippen molar-refractivity contribution in [1.29, 1.82) is 0 Å². The summed E-state index contributed by atoms with van der Waals surface area (Å²) in [6, 6.07) is 1.67. The fraction of sp³-hybridized carbons (Fsp3) is 0.667. The third-order valence-corrected chi connectivity index (χ3v) is 6.13. The van der Waals surface area contributed by atoms with Gasteiger partial charge in [-0.1, -0.05) is 0 Å². The number of carbonyl (C=O) groups is 2. The summed E-state index contributed by atoms with van der Waals surface area (Å²) in [5.41, 5.74) is 0. The Morgan fingerprint density at radius 2 is 2.22 bits per heavy atom. The SMILES string of the molecule is CC(C)OC(=O)c1cc(Br)c(CCCN2C(=O)OCC[C@@H]2COC(C)O)s1. The van der Waals surface area contributed by atoms with Crippen LogP contribution < -0.4 is 0 Å². The van der Waals surface area contributed by atoms with E-state index in [1.54, 1.807) is 17.9 Å². The van der Waals surface area contributed by atoms with Crippen molar-refractivity contribution < 1.29 is 28.9 Å². The van der Waals surface area contributed by atoms with Gasteiger partial charge in [0, 0.05) is 22.3 Å². The van der Waals surface area contributed by atoms with Gasteiger partial charge < -0.3 is 24.2 Å². The van der Waals surface area contributed by atoms with Crippen LogP contribution in [0.4, 0.5) is 4.79 Å². The summed E-state index contributed by atoms with van der Waals surface area (Å²) in [6.07, 6.45) is 0.730. The van der Waals surface area contributed by atoms with Crippen LogP contribution in [-0.2, 0) is 20.6 Å². The fourth-order valence-electron chi connectivity index (χ4n) is 2.73. The zero-order valence-electron chi connectivity index (χ0n) is 15.8. The largest absolute Gasteiger partial charge is 0.459 e. The number of ether oxygens (including phenoxy) is 3. The molecule has 2 rings (SSSR count). The van der Waals surface area contributed by atoms with E-state index in [4.69, 9.17) is 14.2 Å². The molecule has 1 amide bonds. The lowest BCUT2D eigenvalue weighted by Crippen LogP contribution is -2.48. The lowest BCUT2D eigenvalue weighted by Gasteiger charge is -2.35. The van der Waals surface area contributed by atoms with Crippen molar-refractivity contribution in [3.05, 3.63) is 20.3 Å². The monoisotopic (exact) mass is 463 g/mol. The maximum absolute atomic E-state index is 12.1. The van der Waals surface area contributed by atoms with Gasteiger partial charge in [0.25, 0.3) is 0 Å². The minimum absolute atomic E-state index is 0.107. The number of aliphatic hydroxyl groups excluding tert-OH is 1. The van der Waals surface area contributed by atoms with Crippen LogP contribution in [-0.4, -0.2) is 60.3 Å². The summed E-state index contributed by atoms with van der Waals surface area (Å²) in [5.74, 6) is -0.322. The Morgan fingerprint density at radius 3 is 2.89 bits per heavy atom. The van der Waals surface area contributed by atoms with Crippen LogP contribution in [0.5, 0.6) is 0 Å². The molecule has 1 unspecified atom stereocenters. The van der Waals surface area contributed by atoms with E-state index >= 15 is 0 Å². The number of carbonyl (C=O) groups excluding carboxylic acids is 2. The third-order valence-electron chi connectivity index (χ3n) is 3.99. The molecule has 0 spiro atoms. The Labute approximate surface area is 171 Å². The number of aryl methyl sites for hydroxylation is 1. The highest BCUT2D eigenvalue weighted by Gasteiger charge is 2.29. The summed E-state index contributed by atoms with van der Waals surface area (Å²) in [6.45, 7) is 6.33. The van der Waals surface area contributed by atoms with E-state index in [9.17, 15) is 14.7 Å². The zero-order chi connectivity index (χ0) is 20.0. The third kappa shape index (κ3) is 6.74. The molecule has 1 aromatic heterocycles. The number of nitrogens with zero attached hydrogens (tertiary/aromatic N) is 1. The normalized spacial score (nSPS) is 18.5. The Hall–Kier alpha value is -1.16. The quantitative estimate of drug-likeness (QED) is 0.444. The van der Waals surface area contributed by atoms with Crippen molar-refractivity contribution in [3.8, 4) is 0 Å². The van der Waals surface area contributed by atoms with Crippen molar-refractivity contribution in [2.45, 2.75) is 58.5 Å². The number of rotatable bonds is 9. The standard InChI is InChI=1S/C18H26BrNO6S/c1-11(2)26-17(22)16-9-14(19)15(27-16)5-4-7-20-13(10-25-12(3)21)6-8-24-18(20)23/h9,11-13,21H,4-8,10H2,1-3H3/t12?,13-/m1/s1. The molecular formula is C18H26BrNO6S. The molecule has 1 saturated heterocycles. The molecule has 0 saturated carbocycles. The Balaban J connectivity index is 1.91. The first-order valence-electron chi connectivity index (χ1n) is 9.00. The van der Waals surface area contributed by atoms with Crippen LogP contribution in [0.15, 0.2) is 10.5 Å². The van der Waals surface area contributed by atoms with Gasteiger partial charge in [-0.05, 0) is 55.6 Å². The number of thiophene rings is 1. The molecule has 1 N–H and O–H groups in total. The number of cyclic esters (lactones) is 1. The molecule has 1 fully saturated rings. The van der Waals surface area contributed by atoms with Gasteiger partial charge in [0.15, 0.2) is 6.29 Å².